The van der Waals surface area contributed by atoms with Crippen molar-refractivity contribution >= 4 is 104 Å². The van der Waals surface area contributed by atoms with E-state index in [0.717, 1.165) is 0 Å². The van der Waals surface area contributed by atoms with Crippen LogP contribution in [0, 0.1) is 16.7 Å². The largest absolute Gasteiger partial charge is 0.145 e. The molecule has 5 atom stereocenters. The second kappa shape index (κ2) is 5.60. The molecule has 0 nitrogen and oxygen atoms in total. The highest BCUT2D eigenvalue weighted by atomic mass is 35.5. The molecule has 0 spiro atoms. The van der Waals surface area contributed by atoms with Crippen molar-refractivity contribution in [3.63, 3.8) is 0 Å². The zero-order valence-corrected chi connectivity index (χ0v) is 16.0. The van der Waals surface area contributed by atoms with Gasteiger partial charge in [0.25, 0.3) is 0 Å². The van der Waals surface area contributed by atoms with Crippen molar-refractivity contribution in [2.45, 2.75) is 25.3 Å². The molecule has 0 heterocycles. The second-order valence-electron chi connectivity index (χ2n) is 4.99. The molecule has 0 saturated heterocycles. The van der Waals surface area contributed by atoms with E-state index in [1.165, 1.54) is 0 Å². The summed E-state index contributed by atoms with van der Waals surface area (Å²) in [5.41, 5.74) is -2.00. The summed E-state index contributed by atoms with van der Waals surface area (Å²) in [6, 6.07) is 0. The molecule has 2 aliphatic carbocycles. The molecule has 0 aliphatic heterocycles. The fourth-order valence-corrected chi connectivity index (χ4v) is 9.23. The van der Waals surface area contributed by atoms with Crippen molar-refractivity contribution < 1.29 is 0 Å². The summed E-state index contributed by atoms with van der Waals surface area (Å²) in [5, 5.41) is -1.88. The van der Waals surface area contributed by atoms with Crippen LogP contribution >= 0.6 is 104 Å². The van der Waals surface area contributed by atoms with E-state index >= 15 is 0 Å². The number of fused-ring (bicyclic) bond motifs is 2. The van der Waals surface area contributed by atoms with Gasteiger partial charge in [-0.05, 0) is 0 Å². The Morgan fingerprint density at radius 2 is 1.37 bits per heavy atom. The molecule has 9 heteroatoms. The third-order valence-electron chi connectivity index (χ3n) is 4.55. The van der Waals surface area contributed by atoms with Gasteiger partial charge in [0.1, 0.15) is 9.17 Å². The van der Waals surface area contributed by atoms with E-state index in [1.54, 1.807) is 0 Å². The van der Waals surface area contributed by atoms with Gasteiger partial charge in [-0.3, -0.25) is 0 Å². The Morgan fingerprint density at radius 1 is 0.895 bits per heavy atom. The predicted octanol–water partition coefficient (Wildman–Crippen LogP) is 5.88. The van der Waals surface area contributed by atoms with Gasteiger partial charge < -0.3 is 0 Å². The Kier molecular flexibility index (Phi) is 5.30. The van der Waals surface area contributed by atoms with Gasteiger partial charge in [0, 0.05) is 23.1 Å². The van der Waals surface area contributed by atoms with Gasteiger partial charge in [0.15, 0.2) is 0 Å². The topological polar surface area (TPSA) is 0 Å². The molecule has 19 heavy (non-hydrogen) atoms. The fraction of sp³-hybridized carbons (Fsp3) is 1.00. The van der Waals surface area contributed by atoms with Crippen molar-refractivity contribution in [2.24, 2.45) is 16.7 Å². The third kappa shape index (κ3) is 1.82. The lowest BCUT2D eigenvalue weighted by Gasteiger charge is -2.49. The lowest BCUT2D eigenvalue weighted by atomic mass is 9.69. The average molecular weight is 448 g/mol. The van der Waals surface area contributed by atoms with Crippen LogP contribution in [0.5, 0.6) is 0 Å². The van der Waals surface area contributed by atoms with Crippen molar-refractivity contribution in [1.29, 1.82) is 0 Å². The predicted molar refractivity (Wildman–Crippen MR) is 88.7 cm³/mol. The van der Waals surface area contributed by atoms with Crippen molar-refractivity contribution in [3.05, 3.63) is 0 Å². The SMILES string of the molecule is ClCC1(CCl)C2[C@H](Cl)[C@@H](Cl)C1(C(Cl)Cl)C(Cl)(Cl)[C@H]2Cl. The van der Waals surface area contributed by atoms with Crippen LogP contribution in [-0.4, -0.2) is 37.1 Å². The van der Waals surface area contributed by atoms with Crippen LogP contribution in [0.1, 0.15) is 0 Å². The first kappa shape index (κ1) is 18.0. The zero-order valence-electron chi connectivity index (χ0n) is 9.20. The first-order valence-electron chi connectivity index (χ1n) is 5.37. The Morgan fingerprint density at radius 3 is 1.68 bits per heavy atom. The Bertz CT molecular complexity index is 366. The number of rotatable bonds is 3. The van der Waals surface area contributed by atoms with Gasteiger partial charge in [-0.1, -0.05) is 23.2 Å². The molecule has 2 saturated carbocycles. The Balaban J connectivity index is 2.76. The summed E-state index contributed by atoms with van der Waals surface area (Å²) in [4.78, 5) is -1.00. The van der Waals surface area contributed by atoms with Crippen LogP contribution in [0.3, 0.4) is 0 Å². The molecule has 2 unspecified atom stereocenters. The maximum Gasteiger partial charge on any atom is 0.145 e. The molecule has 0 aromatic carbocycles. The molecule has 2 fully saturated rings. The van der Waals surface area contributed by atoms with Crippen LogP contribution in [0.2, 0.25) is 0 Å². The first-order valence-corrected chi connectivity index (χ1v) is 9.37. The monoisotopic (exact) mass is 444 g/mol. The van der Waals surface area contributed by atoms with Gasteiger partial charge in [-0.15, -0.1) is 81.2 Å². The zero-order chi connectivity index (χ0) is 14.8. The minimum atomic E-state index is -1.46. The minimum Gasteiger partial charge on any atom is -0.126 e. The molecule has 2 rings (SSSR count). The summed E-state index contributed by atoms with van der Waals surface area (Å²) >= 11 is 56.9. The molecule has 2 bridgehead atoms. The molecule has 0 aromatic rings. The van der Waals surface area contributed by atoms with Crippen LogP contribution in [0.25, 0.3) is 0 Å². The summed E-state index contributed by atoms with van der Waals surface area (Å²) in [6.45, 7) is 0. The van der Waals surface area contributed by atoms with Crippen LogP contribution in [0.15, 0.2) is 0 Å². The lowest BCUT2D eigenvalue weighted by Crippen LogP contribution is -2.59. The van der Waals surface area contributed by atoms with E-state index in [0.29, 0.717) is 0 Å². The highest BCUT2D eigenvalue weighted by Gasteiger charge is 2.85. The molecule has 2 aliphatic rings. The molecular weight excluding hydrogens is 439 g/mol. The van der Waals surface area contributed by atoms with Crippen LogP contribution in [0.4, 0.5) is 0 Å². The number of hydrogen-bond acceptors (Lipinski definition) is 0. The van der Waals surface area contributed by atoms with Gasteiger partial charge in [-0.25, -0.2) is 0 Å². The summed E-state index contributed by atoms with van der Waals surface area (Å²) in [5.74, 6) is -0.134. The van der Waals surface area contributed by atoms with E-state index in [9.17, 15) is 0 Å². The van der Waals surface area contributed by atoms with Crippen LogP contribution < -0.4 is 0 Å². The van der Waals surface area contributed by atoms with Gasteiger partial charge in [-0.2, -0.15) is 0 Å². The van der Waals surface area contributed by atoms with Crippen LogP contribution in [-0.2, 0) is 0 Å². The first-order chi connectivity index (χ1) is 8.66. The molecule has 0 N–H and O–H groups in total. The normalized spacial score (nSPS) is 47.1. The van der Waals surface area contributed by atoms with Gasteiger partial charge in [0.05, 0.1) is 21.5 Å². The maximum atomic E-state index is 6.47. The molecule has 0 amide bonds. The quantitative estimate of drug-likeness (QED) is 0.473. The minimum absolute atomic E-state index is 0.119. The molecule has 112 valence electrons. The maximum absolute atomic E-state index is 6.47. The Labute approximate surface area is 157 Å². The van der Waals surface area contributed by atoms with E-state index in [-0.39, 0.29) is 17.7 Å². The van der Waals surface area contributed by atoms with Gasteiger partial charge >= 0.3 is 0 Å². The summed E-state index contributed by atoms with van der Waals surface area (Å²) in [7, 11) is 0. The smallest absolute Gasteiger partial charge is 0.126 e. The van der Waals surface area contributed by atoms with Crippen molar-refractivity contribution in [1.82, 2.24) is 0 Å². The van der Waals surface area contributed by atoms with E-state index in [1.807, 2.05) is 0 Å². The number of halogens is 9. The van der Waals surface area contributed by atoms with E-state index in [2.05, 4.69) is 0 Å². The Hall–Kier alpha value is 2.61. The highest BCUT2D eigenvalue weighted by molar-refractivity contribution is 6.57. The van der Waals surface area contributed by atoms with Gasteiger partial charge in [0.2, 0.25) is 0 Å². The van der Waals surface area contributed by atoms with Crippen molar-refractivity contribution in [3.8, 4) is 0 Å². The average Bonchev–Trinajstić information content (AvgIpc) is 2.63. The van der Waals surface area contributed by atoms with E-state index in [4.69, 9.17) is 104 Å². The lowest BCUT2D eigenvalue weighted by molar-refractivity contribution is 0.148. The number of hydrogen-bond donors (Lipinski definition) is 0. The molecular formula is C10H9Cl9. The van der Waals surface area contributed by atoms with E-state index < -0.39 is 36.1 Å². The summed E-state index contributed by atoms with van der Waals surface area (Å²) < 4.78 is -1.46. The molecule has 0 aromatic heterocycles. The molecule has 0 radical (unpaired) electrons. The summed E-state index contributed by atoms with van der Waals surface area (Å²) in [6.07, 6.45) is 0. The fourth-order valence-electron chi connectivity index (χ4n) is 3.62. The number of alkyl halides is 9. The van der Waals surface area contributed by atoms with Crippen molar-refractivity contribution in [2.75, 3.05) is 11.8 Å². The standard InChI is InChI=1S/C10H9Cl9/c11-1-8(2-12)3-4(13)6(15)9(8,7(16)17)10(18,19)5(3)14/h3-7H,1-2H2/t3?,4-,5-,6+,9?/m0/s1. The highest BCUT2D eigenvalue weighted by Crippen LogP contribution is 2.79. The third-order valence-corrected chi connectivity index (χ3v) is 9.38. The second-order valence-corrected chi connectivity index (χ2v) is 9.45.